The molecule has 2 aromatic rings. The molecule has 0 aromatic heterocycles. The molecule has 1 amide bonds. The summed E-state index contributed by atoms with van der Waals surface area (Å²) < 4.78 is 13.0. The molecule has 2 rings (SSSR count). The van der Waals surface area contributed by atoms with Gasteiger partial charge in [0, 0.05) is 18.2 Å². The van der Waals surface area contributed by atoms with Crippen LogP contribution in [0.2, 0.25) is 0 Å². The summed E-state index contributed by atoms with van der Waals surface area (Å²) in [6.45, 7) is 4.91. The second kappa shape index (κ2) is 7.18. The number of nitrogens with one attached hydrogen (secondary N) is 1. The molecule has 116 valence electrons. The van der Waals surface area contributed by atoms with Gasteiger partial charge in [-0.15, -0.1) is 0 Å². The molecular weight excluding hydrogens is 279 g/mol. The summed E-state index contributed by atoms with van der Waals surface area (Å²) in [5, 5.41) is 3.48. The molecule has 3 N–H and O–H groups in total. The summed E-state index contributed by atoms with van der Waals surface area (Å²) in [6.07, 6.45) is 0. The highest BCUT2D eigenvalue weighted by Gasteiger charge is 2.15. The highest BCUT2D eigenvalue weighted by molar-refractivity contribution is 5.92. The Hall–Kier alpha value is -2.20. The van der Waals surface area contributed by atoms with Gasteiger partial charge >= 0.3 is 0 Å². The smallest absolute Gasteiger partial charge is 0.248 e. The number of amides is 1. The lowest BCUT2D eigenvalue weighted by Crippen LogP contribution is -2.25. The van der Waals surface area contributed by atoms with Gasteiger partial charge in [-0.3, -0.25) is 4.79 Å². The average molecular weight is 300 g/mol. The quantitative estimate of drug-likeness (QED) is 0.859. The minimum absolute atomic E-state index is 0.136. The maximum absolute atomic E-state index is 13.0. The lowest BCUT2D eigenvalue weighted by molar-refractivity contribution is 0.100. The largest absolute Gasteiger partial charge is 0.366 e. The monoisotopic (exact) mass is 300 g/mol. The number of halogens is 1. The van der Waals surface area contributed by atoms with E-state index in [1.165, 1.54) is 12.1 Å². The predicted octanol–water partition coefficient (Wildman–Crippen LogP) is 3.41. The summed E-state index contributed by atoms with van der Waals surface area (Å²) in [5.41, 5.74) is 7.86. The first-order chi connectivity index (χ1) is 10.5. The Balaban J connectivity index is 2.05. The van der Waals surface area contributed by atoms with E-state index in [-0.39, 0.29) is 11.9 Å². The highest BCUT2D eigenvalue weighted by atomic mass is 19.1. The Morgan fingerprint density at radius 1 is 1.09 bits per heavy atom. The van der Waals surface area contributed by atoms with Crippen molar-refractivity contribution in [2.45, 2.75) is 26.4 Å². The van der Waals surface area contributed by atoms with Gasteiger partial charge in [-0.05, 0) is 41.3 Å². The van der Waals surface area contributed by atoms with Crippen molar-refractivity contribution in [1.29, 1.82) is 0 Å². The molecule has 2 aromatic carbocycles. The maximum Gasteiger partial charge on any atom is 0.248 e. The number of carbonyl (C=O) groups excluding carboxylic acids is 1. The Labute approximate surface area is 130 Å². The summed E-state index contributed by atoms with van der Waals surface area (Å²) in [5.74, 6) is -0.283. The Bertz CT molecular complexity index is 621. The van der Waals surface area contributed by atoms with Crippen LogP contribution >= 0.6 is 0 Å². The maximum atomic E-state index is 13.0. The van der Waals surface area contributed by atoms with Crippen molar-refractivity contribution in [3.63, 3.8) is 0 Å². The predicted molar refractivity (Wildman–Crippen MR) is 85.8 cm³/mol. The molecular formula is C18H21FN2O. The molecule has 0 aliphatic rings. The standard InChI is InChI=1S/C18H21FN2O/c1-12(2)17(14-7-9-16(19)10-8-14)21-11-13-3-5-15(6-4-13)18(20)22/h3-10,12,17,21H,11H2,1-2H3,(H2,20,22). The topological polar surface area (TPSA) is 55.1 Å². The van der Waals surface area contributed by atoms with Crippen LogP contribution in [0.5, 0.6) is 0 Å². The van der Waals surface area contributed by atoms with Crippen molar-refractivity contribution in [1.82, 2.24) is 5.32 Å². The normalized spacial score (nSPS) is 12.4. The van der Waals surface area contributed by atoms with E-state index in [2.05, 4.69) is 19.2 Å². The van der Waals surface area contributed by atoms with E-state index in [0.717, 1.165) is 11.1 Å². The van der Waals surface area contributed by atoms with Crippen LogP contribution < -0.4 is 11.1 Å². The zero-order valence-corrected chi connectivity index (χ0v) is 12.8. The molecule has 22 heavy (non-hydrogen) atoms. The Morgan fingerprint density at radius 3 is 2.18 bits per heavy atom. The van der Waals surface area contributed by atoms with E-state index >= 15 is 0 Å². The third-order valence-electron chi connectivity index (χ3n) is 3.66. The van der Waals surface area contributed by atoms with Crippen LogP contribution in [0.25, 0.3) is 0 Å². The fourth-order valence-electron chi connectivity index (χ4n) is 2.42. The molecule has 0 aliphatic carbocycles. The molecule has 0 heterocycles. The van der Waals surface area contributed by atoms with Gasteiger partial charge in [-0.1, -0.05) is 38.1 Å². The molecule has 0 saturated carbocycles. The third kappa shape index (κ3) is 4.15. The van der Waals surface area contributed by atoms with Gasteiger partial charge in [0.15, 0.2) is 0 Å². The lowest BCUT2D eigenvalue weighted by Gasteiger charge is -2.23. The van der Waals surface area contributed by atoms with Crippen LogP contribution in [-0.2, 0) is 6.54 Å². The summed E-state index contributed by atoms with van der Waals surface area (Å²) in [6, 6.07) is 13.9. The first-order valence-corrected chi connectivity index (χ1v) is 7.35. The van der Waals surface area contributed by atoms with Crippen LogP contribution in [0.4, 0.5) is 4.39 Å². The van der Waals surface area contributed by atoms with Gasteiger partial charge in [-0.25, -0.2) is 4.39 Å². The first kappa shape index (κ1) is 16.2. The second-order valence-electron chi connectivity index (χ2n) is 5.72. The molecule has 1 atom stereocenters. The number of nitrogens with two attached hydrogens (primary N) is 1. The molecule has 0 radical (unpaired) electrons. The lowest BCUT2D eigenvalue weighted by atomic mass is 9.95. The molecule has 0 saturated heterocycles. The van der Waals surface area contributed by atoms with Crippen LogP contribution in [0.3, 0.4) is 0 Å². The Kier molecular flexibility index (Phi) is 5.28. The van der Waals surface area contributed by atoms with Gasteiger partial charge in [0.25, 0.3) is 0 Å². The van der Waals surface area contributed by atoms with E-state index in [0.29, 0.717) is 18.0 Å². The van der Waals surface area contributed by atoms with E-state index in [1.807, 2.05) is 24.3 Å². The zero-order valence-electron chi connectivity index (χ0n) is 12.8. The zero-order chi connectivity index (χ0) is 16.1. The van der Waals surface area contributed by atoms with Gasteiger partial charge in [0.1, 0.15) is 5.82 Å². The minimum atomic E-state index is -0.425. The van der Waals surface area contributed by atoms with Crippen molar-refractivity contribution in [2.24, 2.45) is 11.7 Å². The molecule has 0 bridgehead atoms. The van der Waals surface area contributed by atoms with Gasteiger partial charge in [0.2, 0.25) is 5.91 Å². The van der Waals surface area contributed by atoms with Crippen LogP contribution in [-0.4, -0.2) is 5.91 Å². The summed E-state index contributed by atoms with van der Waals surface area (Å²) in [4.78, 5) is 11.1. The van der Waals surface area contributed by atoms with Gasteiger partial charge < -0.3 is 11.1 Å². The minimum Gasteiger partial charge on any atom is -0.366 e. The summed E-state index contributed by atoms with van der Waals surface area (Å²) >= 11 is 0. The SMILES string of the molecule is CC(C)C(NCc1ccc(C(N)=O)cc1)c1ccc(F)cc1. The number of benzene rings is 2. The van der Waals surface area contributed by atoms with Crippen LogP contribution in [0.1, 0.15) is 41.4 Å². The van der Waals surface area contributed by atoms with Crippen molar-refractivity contribution in [2.75, 3.05) is 0 Å². The number of carbonyl (C=O) groups is 1. The van der Waals surface area contributed by atoms with Crippen LogP contribution in [0, 0.1) is 11.7 Å². The van der Waals surface area contributed by atoms with E-state index in [4.69, 9.17) is 5.73 Å². The Morgan fingerprint density at radius 2 is 1.68 bits per heavy atom. The van der Waals surface area contributed by atoms with E-state index in [1.54, 1.807) is 12.1 Å². The van der Waals surface area contributed by atoms with Crippen molar-refractivity contribution in [3.8, 4) is 0 Å². The average Bonchev–Trinajstić information content (AvgIpc) is 2.49. The molecule has 0 fully saturated rings. The number of primary amides is 1. The molecule has 0 aliphatic heterocycles. The fourth-order valence-corrected chi connectivity index (χ4v) is 2.42. The number of hydrogen-bond acceptors (Lipinski definition) is 2. The number of hydrogen-bond donors (Lipinski definition) is 2. The van der Waals surface area contributed by atoms with Crippen molar-refractivity contribution < 1.29 is 9.18 Å². The third-order valence-corrected chi connectivity index (χ3v) is 3.66. The van der Waals surface area contributed by atoms with Gasteiger partial charge in [-0.2, -0.15) is 0 Å². The van der Waals surface area contributed by atoms with Crippen LogP contribution in [0.15, 0.2) is 48.5 Å². The molecule has 0 spiro atoms. The molecule has 3 nitrogen and oxygen atoms in total. The molecule has 4 heteroatoms. The van der Waals surface area contributed by atoms with Gasteiger partial charge in [0.05, 0.1) is 0 Å². The summed E-state index contributed by atoms with van der Waals surface area (Å²) in [7, 11) is 0. The first-order valence-electron chi connectivity index (χ1n) is 7.35. The van der Waals surface area contributed by atoms with E-state index in [9.17, 15) is 9.18 Å². The van der Waals surface area contributed by atoms with Crippen molar-refractivity contribution in [3.05, 3.63) is 71.0 Å². The molecule has 1 unspecified atom stereocenters. The highest BCUT2D eigenvalue weighted by Crippen LogP contribution is 2.22. The number of rotatable bonds is 6. The van der Waals surface area contributed by atoms with E-state index < -0.39 is 5.91 Å². The second-order valence-corrected chi connectivity index (χ2v) is 5.72. The van der Waals surface area contributed by atoms with Crippen molar-refractivity contribution >= 4 is 5.91 Å². The fraction of sp³-hybridized carbons (Fsp3) is 0.278.